The van der Waals surface area contributed by atoms with E-state index in [1.54, 1.807) is 0 Å². The van der Waals surface area contributed by atoms with Crippen molar-refractivity contribution in [3.05, 3.63) is 65.7 Å². The quantitative estimate of drug-likeness (QED) is 0.601. The van der Waals surface area contributed by atoms with Crippen LogP contribution in [0.2, 0.25) is 0 Å². The maximum absolute atomic E-state index is 12.6. The first kappa shape index (κ1) is 17.0. The first-order valence-corrected chi connectivity index (χ1v) is 8.59. The van der Waals surface area contributed by atoms with Crippen LogP contribution in [-0.4, -0.2) is 18.5 Å². The molecule has 1 aliphatic heterocycles. The number of amides is 3. The number of nitrogens with one attached hydrogen (secondary N) is 2. The van der Waals surface area contributed by atoms with Gasteiger partial charge in [-0.3, -0.25) is 10.1 Å². The summed E-state index contributed by atoms with van der Waals surface area (Å²) < 4.78 is 5.72. The lowest BCUT2D eigenvalue weighted by atomic mass is 9.83. The van der Waals surface area contributed by atoms with E-state index in [4.69, 9.17) is 4.74 Å². The molecule has 3 rings (SSSR count). The minimum Gasteiger partial charge on any atom is -0.494 e. The van der Waals surface area contributed by atoms with E-state index in [9.17, 15) is 9.59 Å². The Kier molecular flexibility index (Phi) is 5.03. The van der Waals surface area contributed by atoms with Gasteiger partial charge >= 0.3 is 6.03 Å². The van der Waals surface area contributed by atoms with Gasteiger partial charge in [-0.1, -0.05) is 62.2 Å². The van der Waals surface area contributed by atoms with Crippen LogP contribution in [-0.2, 0) is 10.3 Å². The number of hydrogen-bond acceptors (Lipinski definition) is 3. The first-order chi connectivity index (χ1) is 12.2. The topological polar surface area (TPSA) is 67.4 Å². The van der Waals surface area contributed by atoms with Crippen molar-refractivity contribution in [1.29, 1.82) is 0 Å². The van der Waals surface area contributed by atoms with Crippen LogP contribution in [0.5, 0.6) is 5.75 Å². The molecule has 1 saturated heterocycles. The highest BCUT2D eigenvalue weighted by atomic mass is 16.5. The molecule has 5 heteroatoms. The monoisotopic (exact) mass is 338 g/mol. The van der Waals surface area contributed by atoms with Crippen molar-refractivity contribution in [3.8, 4) is 5.75 Å². The Bertz CT molecular complexity index is 743. The van der Waals surface area contributed by atoms with Crippen molar-refractivity contribution in [2.75, 3.05) is 6.61 Å². The van der Waals surface area contributed by atoms with E-state index < -0.39 is 11.6 Å². The average Bonchev–Trinajstić information content (AvgIpc) is 2.95. The van der Waals surface area contributed by atoms with Crippen LogP contribution in [0.15, 0.2) is 54.6 Å². The van der Waals surface area contributed by atoms with Gasteiger partial charge in [-0.2, -0.15) is 0 Å². The summed E-state index contributed by atoms with van der Waals surface area (Å²) in [4.78, 5) is 24.4. The van der Waals surface area contributed by atoms with Crippen molar-refractivity contribution in [1.82, 2.24) is 10.6 Å². The predicted molar refractivity (Wildman–Crippen MR) is 95.4 cm³/mol. The number of urea groups is 1. The lowest BCUT2D eigenvalue weighted by Gasteiger charge is -2.27. The molecular formula is C20H22N2O3. The van der Waals surface area contributed by atoms with Crippen molar-refractivity contribution >= 4 is 11.9 Å². The molecule has 0 radical (unpaired) electrons. The zero-order valence-electron chi connectivity index (χ0n) is 14.2. The molecule has 1 heterocycles. The highest BCUT2D eigenvalue weighted by Crippen LogP contribution is 2.33. The third kappa shape index (κ3) is 3.36. The van der Waals surface area contributed by atoms with Gasteiger partial charge in [0.25, 0.3) is 5.91 Å². The maximum atomic E-state index is 12.6. The number of rotatable bonds is 7. The fourth-order valence-corrected chi connectivity index (χ4v) is 3.06. The molecule has 0 bridgehead atoms. The van der Waals surface area contributed by atoms with Crippen LogP contribution in [0.4, 0.5) is 4.79 Å². The maximum Gasteiger partial charge on any atom is 0.322 e. The van der Waals surface area contributed by atoms with Gasteiger partial charge in [0.1, 0.15) is 5.75 Å². The number of carbonyl (C=O) groups is 2. The summed E-state index contributed by atoms with van der Waals surface area (Å²) in [5.41, 5.74) is 0.206. The van der Waals surface area contributed by atoms with Crippen molar-refractivity contribution in [3.63, 3.8) is 0 Å². The van der Waals surface area contributed by atoms with Crippen LogP contribution in [0.3, 0.4) is 0 Å². The fraction of sp³-hybridized carbons (Fsp3) is 0.300. The average molecular weight is 338 g/mol. The molecule has 1 fully saturated rings. The standard InChI is InChI=1S/C20H22N2O3/c1-2-3-7-14-25-17-12-10-16(11-13-17)20(15-8-5-4-6-9-15)18(23)21-19(24)22-20/h4-6,8-13H,2-3,7,14H2,1H3,(H2,21,22,23,24)/t20-/m1/s1. The molecule has 2 aromatic carbocycles. The van der Waals surface area contributed by atoms with Crippen LogP contribution in [0.1, 0.15) is 37.3 Å². The number of unbranched alkanes of at least 4 members (excludes halogenated alkanes) is 2. The second kappa shape index (κ2) is 7.38. The molecule has 0 unspecified atom stereocenters. The molecule has 1 atom stereocenters. The largest absolute Gasteiger partial charge is 0.494 e. The highest BCUT2D eigenvalue weighted by molar-refractivity contribution is 6.09. The van der Waals surface area contributed by atoms with Gasteiger partial charge < -0.3 is 10.1 Å². The smallest absolute Gasteiger partial charge is 0.322 e. The Morgan fingerprint density at radius 3 is 2.20 bits per heavy atom. The van der Waals surface area contributed by atoms with Gasteiger partial charge in [0.05, 0.1) is 6.61 Å². The number of hydrogen-bond donors (Lipinski definition) is 2. The van der Waals surface area contributed by atoms with Crippen molar-refractivity contribution in [2.45, 2.75) is 31.7 Å². The summed E-state index contributed by atoms with van der Waals surface area (Å²) >= 11 is 0. The van der Waals surface area contributed by atoms with Gasteiger partial charge in [-0.15, -0.1) is 0 Å². The minimum atomic E-state index is -1.21. The zero-order valence-corrected chi connectivity index (χ0v) is 14.2. The van der Waals surface area contributed by atoms with E-state index in [0.29, 0.717) is 12.2 Å². The molecule has 3 amide bonds. The molecule has 2 aromatic rings. The summed E-state index contributed by atoms with van der Waals surface area (Å²) in [6, 6.07) is 16.1. The second-order valence-corrected chi connectivity index (χ2v) is 6.10. The number of imide groups is 1. The van der Waals surface area contributed by atoms with Gasteiger partial charge in [0.2, 0.25) is 0 Å². The Hall–Kier alpha value is -2.82. The van der Waals surface area contributed by atoms with Gasteiger partial charge in [-0.05, 0) is 29.7 Å². The van der Waals surface area contributed by atoms with Gasteiger partial charge in [-0.25, -0.2) is 4.79 Å². The van der Waals surface area contributed by atoms with Crippen LogP contribution in [0.25, 0.3) is 0 Å². The Labute approximate surface area is 147 Å². The van der Waals surface area contributed by atoms with E-state index >= 15 is 0 Å². The molecule has 0 spiro atoms. The van der Waals surface area contributed by atoms with Crippen molar-refractivity contribution in [2.24, 2.45) is 0 Å². The molecular weight excluding hydrogens is 316 g/mol. The summed E-state index contributed by atoms with van der Waals surface area (Å²) in [5.74, 6) is 0.383. The van der Waals surface area contributed by atoms with E-state index in [1.807, 2.05) is 54.6 Å². The third-order valence-corrected chi connectivity index (χ3v) is 4.38. The molecule has 1 aliphatic rings. The molecule has 0 aromatic heterocycles. The summed E-state index contributed by atoms with van der Waals surface area (Å²) in [7, 11) is 0. The van der Waals surface area contributed by atoms with E-state index in [-0.39, 0.29) is 5.91 Å². The highest BCUT2D eigenvalue weighted by Gasteiger charge is 2.49. The van der Waals surface area contributed by atoms with Gasteiger partial charge in [0.15, 0.2) is 5.54 Å². The molecule has 0 saturated carbocycles. The normalized spacial score (nSPS) is 19.4. The number of carbonyl (C=O) groups excluding carboxylic acids is 2. The number of ether oxygens (including phenoxy) is 1. The minimum absolute atomic E-state index is 0.375. The SMILES string of the molecule is CCCCCOc1ccc([C@@]2(c3ccccc3)NC(=O)NC2=O)cc1. The third-order valence-electron chi connectivity index (χ3n) is 4.38. The number of benzene rings is 2. The van der Waals surface area contributed by atoms with Crippen LogP contribution in [0, 0.1) is 0 Å². The lowest BCUT2D eigenvalue weighted by Crippen LogP contribution is -2.44. The molecule has 25 heavy (non-hydrogen) atoms. The molecule has 130 valence electrons. The Balaban J connectivity index is 1.88. The summed E-state index contributed by atoms with van der Waals surface area (Å²) in [6.45, 7) is 2.83. The fourth-order valence-electron chi connectivity index (χ4n) is 3.06. The Morgan fingerprint density at radius 2 is 1.60 bits per heavy atom. The predicted octanol–water partition coefficient (Wildman–Crippen LogP) is 3.34. The summed E-state index contributed by atoms with van der Waals surface area (Å²) in [6.07, 6.45) is 3.31. The lowest BCUT2D eigenvalue weighted by molar-refractivity contribution is -0.122. The summed E-state index contributed by atoms with van der Waals surface area (Å²) in [5, 5.41) is 5.14. The molecule has 2 N–H and O–H groups in total. The van der Waals surface area contributed by atoms with E-state index in [1.165, 1.54) is 0 Å². The first-order valence-electron chi connectivity index (χ1n) is 8.59. The Morgan fingerprint density at radius 1 is 0.920 bits per heavy atom. The molecule has 0 aliphatic carbocycles. The van der Waals surface area contributed by atoms with E-state index in [0.717, 1.165) is 30.6 Å². The van der Waals surface area contributed by atoms with Gasteiger partial charge in [0, 0.05) is 0 Å². The van der Waals surface area contributed by atoms with Crippen LogP contribution >= 0.6 is 0 Å². The molecule has 5 nitrogen and oxygen atoms in total. The van der Waals surface area contributed by atoms with E-state index in [2.05, 4.69) is 17.6 Å². The van der Waals surface area contributed by atoms with Crippen molar-refractivity contribution < 1.29 is 14.3 Å². The second-order valence-electron chi connectivity index (χ2n) is 6.10. The van der Waals surface area contributed by atoms with Crippen LogP contribution < -0.4 is 15.4 Å². The zero-order chi connectivity index (χ0) is 17.7.